The van der Waals surface area contributed by atoms with Gasteiger partial charge >= 0.3 is 5.69 Å². The molecule has 2 aromatic heterocycles. The lowest BCUT2D eigenvalue weighted by Gasteiger charge is -2.07. The van der Waals surface area contributed by atoms with E-state index in [1.54, 1.807) is 17.1 Å². The van der Waals surface area contributed by atoms with Crippen molar-refractivity contribution in [2.45, 2.75) is 26.8 Å². The molecular weight excluding hydrogens is 272 g/mol. The van der Waals surface area contributed by atoms with Crippen molar-refractivity contribution in [3.8, 4) is 0 Å². The monoisotopic (exact) mass is 290 g/mol. The van der Waals surface area contributed by atoms with E-state index < -0.39 is 5.69 Å². The molecule has 2 N–H and O–H groups in total. The summed E-state index contributed by atoms with van der Waals surface area (Å²) in [6, 6.07) is 1.62. The van der Waals surface area contributed by atoms with E-state index in [2.05, 4.69) is 25.4 Å². The standard InChI is InChI=1S/C13H18N6O2/c1-9(2)5-10-6-11(18-13(21)17-10)12(20)15-3-4-19-8-14-7-16-19/h6-9H,3-5H2,1-2H3,(H,15,20)(H,17,18,21). The van der Waals surface area contributed by atoms with Crippen LogP contribution in [0.3, 0.4) is 0 Å². The number of rotatable bonds is 6. The van der Waals surface area contributed by atoms with Gasteiger partial charge < -0.3 is 10.3 Å². The van der Waals surface area contributed by atoms with E-state index in [0.29, 0.717) is 31.1 Å². The Balaban J connectivity index is 1.98. The Bertz CT molecular complexity index is 647. The molecule has 0 aliphatic carbocycles. The number of H-pyrrole nitrogens is 1. The summed E-state index contributed by atoms with van der Waals surface area (Å²) in [5.41, 5.74) is 0.342. The lowest BCUT2D eigenvalue weighted by Crippen LogP contribution is -2.30. The summed E-state index contributed by atoms with van der Waals surface area (Å²) in [5.74, 6) is 0.0116. The van der Waals surface area contributed by atoms with Gasteiger partial charge in [0.05, 0.1) is 6.54 Å². The number of hydrogen-bond acceptors (Lipinski definition) is 5. The highest BCUT2D eigenvalue weighted by Crippen LogP contribution is 2.04. The zero-order chi connectivity index (χ0) is 15.2. The zero-order valence-corrected chi connectivity index (χ0v) is 12.0. The van der Waals surface area contributed by atoms with Crippen LogP contribution in [0.5, 0.6) is 0 Å². The topological polar surface area (TPSA) is 106 Å². The van der Waals surface area contributed by atoms with E-state index in [1.165, 1.54) is 6.33 Å². The minimum absolute atomic E-state index is 0.132. The third-order valence-corrected chi connectivity index (χ3v) is 2.75. The van der Waals surface area contributed by atoms with Crippen molar-refractivity contribution in [1.82, 2.24) is 30.0 Å². The average Bonchev–Trinajstić information content (AvgIpc) is 2.90. The van der Waals surface area contributed by atoms with Gasteiger partial charge in [0.2, 0.25) is 0 Å². The molecule has 2 rings (SSSR count). The summed E-state index contributed by atoms with van der Waals surface area (Å²) < 4.78 is 1.61. The van der Waals surface area contributed by atoms with Crippen LogP contribution in [0, 0.1) is 5.92 Å². The SMILES string of the molecule is CC(C)Cc1cc(C(=O)NCCn2cncn2)nc(=O)[nH]1. The summed E-state index contributed by atoms with van der Waals surface area (Å²) in [4.78, 5) is 33.6. The van der Waals surface area contributed by atoms with Crippen LogP contribution in [-0.2, 0) is 13.0 Å². The predicted molar refractivity (Wildman–Crippen MR) is 75.8 cm³/mol. The van der Waals surface area contributed by atoms with E-state index in [4.69, 9.17) is 0 Å². The van der Waals surface area contributed by atoms with Gasteiger partial charge in [0.1, 0.15) is 18.3 Å². The van der Waals surface area contributed by atoms with Gasteiger partial charge in [-0.25, -0.2) is 9.78 Å². The molecule has 0 aliphatic heterocycles. The second kappa shape index (κ2) is 6.78. The lowest BCUT2D eigenvalue weighted by molar-refractivity contribution is 0.0946. The number of carbonyl (C=O) groups is 1. The molecule has 8 heteroatoms. The van der Waals surface area contributed by atoms with Crippen molar-refractivity contribution in [3.05, 3.63) is 40.6 Å². The van der Waals surface area contributed by atoms with Gasteiger partial charge in [-0.15, -0.1) is 0 Å². The van der Waals surface area contributed by atoms with Crippen molar-refractivity contribution in [2.24, 2.45) is 5.92 Å². The summed E-state index contributed by atoms with van der Waals surface area (Å²) in [5, 5.41) is 6.63. The normalized spacial score (nSPS) is 10.8. The molecule has 0 spiro atoms. The van der Waals surface area contributed by atoms with E-state index >= 15 is 0 Å². The molecule has 2 heterocycles. The van der Waals surface area contributed by atoms with Gasteiger partial charge in [0.15, 0.2) is 0 Å². The fourth-order valence-corrected chi connectivity index (χ4v) is 1.90. The minimum Gasteiger partial charge on any atom is -0.349 e. The Morgan fingerprint density at radius 3 is 2.95 bits per heavy atom. The molecule has 0 fully saturated rings. The van der Waals surface area contributed by atoms with Crippen molar-refractivity contribution in [2.75, 3.05) is 6.54 Å². The second-order valence-electron chi connectivity index (χ2n) is 5.11. The molecule has 0 atom stereocenters. The molecule has 112 valence electrons. The molecule has 0 bridgehead atoms. The maximum atomic E-state index is 12.0. The van der Waals surface area contributed by atoms with Gasteiger partial charge in [-0.05, 0) is 18.4 Å². The molecule has 0 saturated carbocycles. The molecule has 0 aromatic carbocycles. The number of aromatic amines is 1. The first kappa shape index (κ1) is 14.9. The van der Waals surface area contributed by atoms with E-state index in [0.717, 1.165) is 0 Å². The van der Waals surface area contributed by atoms with Crippen molar-refractivity contribution in [1.29, 1.82) is 0 Å². The van der Waals surface area contributed by atoms with Gasteiger partial charge in [0.25, 0.3) is 5.91 Å². The summed E-state index contributed by atoms with van der Waals surface area (Å²) in [6.07, 6.45) is 3.69. The molecule has 1 amide bonds. The zero-order valence-electron chi connectivity index (χ0n) is 12.0. The largest absolute Gasteiger partial charge is 0.349 e. The molecule has 0 aliphatic rings. The van der Waals surface area contributed by atoms with Crippen LogP contribution in [0.2, 0.25) is 0 Å². The maximum Gasteiger partial charge on any atom is 0.345 e. The van der Waals surface area contributed by atoms with Crippen molar-refractivity contribution < 1.29 is 4.79 Å². The minimum atomic E-state index is -0.505. The smallest absolute Gasteiger partial charge is 0.345 e. The number of nitrogens with one attached hydrogen (secondary N) is 2. The number of nitrogens with zero attached hydrogens (tertiary/aromatic N) is 4. The number of hydrogen-bond donors (Lipinski definition) is 2. The Kier molecular flexibility index (Phi) is 4.81. The van der Waals surface area contributed by atoms with Crippen LogP contribution < -0.4 is 11.0 Å². The van der Waals surface area contributed by atoms with E-state index in [-0.39, 0.29) is 11.6 Å². The fraction of sp³-hybridized carbons (Fsp3) is 0.462. The number of aromatic nitrogens is 5. The van der Waals surface area contributed by atoms with Crippen LogP contribution in [0.4, 0.5) is 0 Å². The van der Waals surface area contributed by atoms with Gasteiger partial charge in [-0.1, -0.05) is 13.8 Å². The Hall–Kier alpha value is -2.51. The Morgan fingerprint density at radius 2 is 2.29 bits per heavy atom. The van der Waals surface area contributed by atoms with Crippen LogP contribution in [-0.4, -0.2) is 37.2 Å². The quantitative estimate of drug-likeness (QED) is 0.778. The molecule has 0 saturated heterocycles. The third-order valence-electron chi connectivity index (χ3n) is 2.75. The molecule has 8 nitrogen and oxygen atoms in total. The molecular formula is C13H18N6O2. The number of amides is 1. The highest BCUT2D eigenvalue weighted by molar-refractivity contribution is 5.92. The number of carbonyl (C=O) groups excluding carboxylic acids is 1. The summed E-state index contributed by atoms with van der Waals surface area (Å²) >= 11 is 0. The van der Waals surface area contributed by atoms with Crippen LogP contribution >= 0.6 is 0 Å². The average molecular weight is 290 g/mol. The first-order valence-corrected chi connectivity index (χ1v) is 6.75. The summed E-state index contributed by atoms with van der Waals surface area (Å²) in [6.45, 7) is 4.97. The lowest BCUT2D eigenvalue weighted by atomic mass is 10.1. The third kappa shape index (κ3) is 4.51. The highest BCUT2D eigenvalue weighted by atomic mass is 16.2. The molecule has 0 radical (unpaired) electrons. The first-order valence-electron chi connectivity index (χ1n) is 6.75. The van der Waals surface area contributed by atoms with Gasteiger partial charge in [0, 0.05) is 12.2 Å². The van der Waals surface area contributed by atoms with Crippen molar-refractivity contribution >= 4 is 5.91 Å². The van der Waals surface area contributed by atoms with Gasteiger partial charge in [-0.3, -0.25) is 9.48 Å². The Morgan fingerprint density at radius 1 is 1.48 bits per heavy atom. The van der Waals surface area contributed by atoms with E-state index in [9.17, 15) is 9.59 Å². The van der Waals surface area contributed by atoms with Gasteiger partial charge in [-0.2, -0.15) is 10.1 Å². The maximum absolute atomic E-state index is 12.0. The highest BCUT2D eigenvalue weighted by Gasteiger charge is 2.10. The first-order chi connectivity index (χ1) is 10.0. The molecule has 0 unspecified atom stereocenters. The van der Waals surface area contributed by atoms with Crippen LogP contribution in [0.1, 0.15) is 30.0 Å². The molecule has 21 heavy (non-hydrogen) atoms. The van der Waals surface area contributed by atoms with Crippen molar-refractivity contribution in [3.63, 3.8) is 0 Å². The predicted octanol–water partition coefficient (Wildman–Crippen LogP) is -0.0101. The summed E-state index contributed by atoms with van der Waals surface area (Å²) in [7, 11) is 0. The van der Waals surface area contributed by atoms with Crippen LogP contribution in [0.25, 0.3) is 0 Å². The fourth-order valence-electron chi connectivity index (χ4n) is 1.90. The second-order valence-corrected chi connectivity index (χ2v) is 5.11. The van der Waals surface area contributed by atoms with Crippen LogP contribution in [0.15, 0.2) is 23.5 Å². The van der Waals surface area contributed by atoms with E-state index in [1.807, 2.05) is 13.8 Å². The Labute approximate surface area is 121 Å². The molecule has 2 aromatic rings.